The summed E-state index contributed by atoms with van der Waals surface area (Å²) in [4.78, 5) is 23.6. The van der Waals surface area contributed by atoms with E-state index in [2.05, 4.69) is 5.32 Å². The van der Waals surface area contributed by atoms with Crippen molar-refractivity contribution in [2.24, 2.45) is 0 Å². The summed E-state index contributed by atoms with van der Waals surface area (Å²) in [5.74, 6) is -0.468. The van der Waals surface area contributed by atoms with Crippen LogP contribution in [0.5, 0.6) is 0 Å². The number of amides is 2. The van der Waals surface area contributed by atoms with Gasteiger partial charge in [-0.1, -0.05) is 0 Å². The van der Waals surface area contributed by atoms with Gasteiger partial charge in [0.25, 0.3) is 11.8 Å². The fraction of sp³-hybridized carbons (Fsp3) is 0.556. The molecule has 0 spiro atoms. The SMILES string of the molecule is O=C1C=CC(=O)N1CC1COCCN1. The van der Waals surface area contributed by atoms with E-state index >= 15 is 0 Å². The van der Waals surface area contributed by atoms with Crippen LogP contribution in [0.4, 0.5) is 0 Å². The molecule has 0 aliphatic carbocycles. The Kier molecular flexibility index (Phi) is 2.60. The second-order valence-electron chi connectivity index (χ2n) is 3.35. The van der Waals surface area contributed by atoms with E-state index in [4.69, 9.17) is 4.74 Å². The number of ether oxygens (including phenoxy) is 1. The van der Waals surface area contributed by atoms with Gasteiger partial charge in [-0.05, 0) is 0 Å². The zero-order valence-electron chi connectivity index (χ0n) is 7.73. The van der Waals surface area contributed by atoms with Gasteiger partial charge in [0, 0.05) is 31.3 Å². The van der Waals surface area contributed by atoms with Gasteiger partial charge in [0.15, 0.2) is 0 Å². The maximum Gasteiger partial charge on any atom is 0.253 e. The van der Waals surface area contributed by atoms with E-state index in [-0.39, 0.29) is 17.9 Å². The van der Waals surface area contributed by atoms with Gasteiger partial charge in [-0.2, -0.15) is 0 Å². The maximum atomic E-state index is 11.2. The van der Waals surface area contributed by atoms with Crippen molar-refractivity contribution < 1.29 is 14.3 Å². The first-order valence-electron chi connectivity index (χ1n) is 4.62. The molecule has 5 nitrogen and oxygen atoms in total. The van der Waals surface area contributed by atoms with Gasteiger partial charge >= 0.3 is 0 Å². The Balaban J connectivity index is 1.90. The van der Waals surface area contributed by atoms with Gasteiger partial charge in [0.1, 0.15) is 0 Å². The second-order valence-corrected chi connectivity index (χ2v) is 3.35. The van der Waals surface area contributed by atoms with Crippen LogP contribution in [0.1, 0.15) is 0 Å². The zero-order valence-corrected chi connectivity index (χ0v) is 7.73. The minimum atomic E-state index is -0.234. The molecule has 0 radical (unpaired) electrons. The van der Waals surface area contributed by atoms with Crippen molar-refractivity contribution in [1.82, 2.24) is 10.2 Å². The number of hydrogen-bond acceptors (Lipinski definition) is 4. The molecule has 2 amide bonds. The number of carbonyl (C=O) groups is 2. The Bertz CT molecular complexity index is 264. The van der Waals surface area contributed by atoms with Gasteiger partial charge in [-0.15, -0.1) is 0 Å². The van der Waals surface area contributed by atoms with Crippen LogP contribution >= 0.6 is 0 Å². The van der Waals surface area contributed by atoms with Gasteiger partial charge in [-0.3, -0.25) is 14.5 Å². The third-order valence-electron chi connectivity index (χ3n) is 2.30. The predicted molar refractivity (Wildman–Crippen MR) is 48.5 cm³/mol. The fourth-order valence-corrected chi connectivity index (χ4v) is 1.57. The van der Waals surface area contributed by atoms with Crippen molar-refractivity contribution in [3.8, 4) is 0 Å². The van der Waals surface area contributed by atoms with Crippen LogP contribution < -0.4 is 5.32 Å². The predicted octanol–water partition coefficient (Wildman–Crippen LogP) is -1.10. The topological polar surface area (TPSA) is 58.6 Å². The van der Waals surface area contributed by atoms with E-state index in [0.29, 0.717) is 19.8 Å². The Morgan fingerprint density at radius 3 is 2.71 bits per heavy atom. The summed E-state index contributed by atoms with van der Waals surface area (Å²) in [5.41, 5.74) is 0. The lowest BCUT2D eigenvalue weighted by molar-refractivity contribution is -0.137. The molecule has 2 rings (SSSR count). The highest BCUT2D eigenvalue weighted by molar-refractivity contribution is 6.12. The van der Waals surface area contributed by atoms with Crippen molar-refractivity contribution in [3.05, 3.63) is 12.2 Å². The summed E-state index contributed by atoms with van der Waals surface area (Å²) >= 11 is 0. The Morgan fingerprint density at radius 1 is 1.43 bits per heavy atom. The molecule has 2 heterocycles. The molecular formula is C9H12N2O3. The van der Waals surface area contributed by atoms with Crippen LogP contribution in [0.15, 0.2) is 12.2 Å². The monoisotopic (exact) mass is 196 g/mol. The van der Waals surface area contributed by atoms with E-state index < -0.39 is 0 Å². The molecule has 2 aliphatic rings. The van der Waals surface area contributed by atoms with Gasteiger partial charge in [0.2, 0.25) is 0 Å². The van der Waals surface area contributed by atoms with Crippen molar-refractivity contribution in [2.45, 2.75) is 6.04 Å². The molecule has 14 heavy (non-hydrogen) atoms. The molecular weight excluding hydrogens is 184 g/mol. The standard InChI is InChI=1S/C9H12N2O3/c12-8-1-2-9(13)11(8)5-7-6-14-4-3-10-7/h1-2,7,10H,3-6H2. The summed E-state index contributed by atoms with van der Waals surface area (Å²) < 4.78 is 5.23. The van der Waals surface area contributed by atoms with Crippen LogP contribution in [0.25, 0.3) is 0 Å². The second kappa shape index (κ2) is 3.89. The third kappa shape index (κ3) is 1.83. The number of nitrogens with zero attached hydrogens (tertiary/aromatic N) is 1. The number of carbonyl (C=O) groups excluding carboxylic acids is 2. The maximum absolute atomic E-state index is 11.2. The summed E-state index contributed by atoms with van der Waals surface area (Å²) in [5, 5.41) is 3.19. The number of hydrogen-bond donors (Lipinski definition) is 1. The summed E-state index contributed by atoms with van der Waals surface area (Å²) in [6, 6.07) is 0.0662. The van der Waals surface area contributed by atoms with E-state index in [1.807, 2.05) is 0 Å². The average Bonchev–Trinajstić information content (AvgIpc) is 2.51. The lowest BCUT2D eigenvalue weighted by atomic mass is 10.2. The van der Waals surface area contributed by atoms with Gasteiger partial charge in [0.05, 0.1) is 13.2 Å². The van der Waals surface area contributed by atoms with E-state index in [1.165, 1.54) is 17.1 Å². The number of nitrogens with one attached hydrogen (secondary N) is 1. The minimum absolute atomic E-state index is 0.0662. The van der Waals surface area contributed by atoms with Gasteiger partial charge < -0.3 is 10.1 Å². The molecule has 1 N–H and O–H groups in total. The molecule has 5 heteroatoms. The Morgan fingerprint density at radius 2 is 2.14 bits per heavy atom. The fourth-order valence-electron chi connectivity index (χ4n) is 1.57. The molecule has 0 aromatic heterocycles. The molecule has 1 atom stereocenters. The number of imide groups is 1. The smallest absolute Gasteiger partial charge is 0.253 e. The molecule has 76 valence electrons. The van der Waals surface area contributed by atoms with E-state index in [0.717, 1.165) is 6.54 Å². The Labute approximate surface area is 81.7 Å². The van der Waals surface area contributed by atoms with Crippen molar-refractivity contribution in [1.29, 1.82) is 0 Å². The zero-order chi connectivity index (χ0) is 9.97. The van der Waals surface area contributed by atoms with Crippen molar-refractivity contribution >= 4 is 11.8 Å². The molecule has 2 aliphatic heterocycles. The summed E-state index contributed by atoms with van der Waals surface area (Å²) in [6.07, 6.45) is 2.60. The minimum Gasteiger partial charge on any atom is -0.378 e. The molecule has 1 unspecified atom stereocenters. The van der Waals surface area contributed by atoms with Crippen LogP contribution in [-0.4, -0.2) is 49.1 Å². The highest BCUT2D eigenvalue weighted by atomic mass is 16.5. The lowest BCUT2D eigenvalue weighted by Crippen LogP contribution is -2.49. The highest BCUT2D eigenvalue weighted by Crippen LogP contribution is 2.05. The first-order valence-corrected chi connectivity index (χ1v) is 4.62. The van der Waals surface area contributed by atoms with Gasteiger partial charge in [-0.25, -0.2) is 0 Å². The first-order chi connectivity index (χ1) is 6.77. The van der Waals surface area contributed by atoms with Crippen LogP contribution in [0.2, 0.25) is 0 Å². The van der Waals surface area contributed by atoms with Crippen LogP contribution in [-0.2, 0) is 14.3 Å². The highest BCUT2D eigenvalue weighted by Gasteiger charge is 2.27. The summed E-state index contributed by atoms with van der Waals surface area (Å²) in [7, 11) is 0. The van der Waals surface area contributed by atoms with E-state index in [9.17, 15) is 9.59 Å². The van der Waals surface area contributed by atoms with Crippen molar-refractivity contribution in [3.63, 3.8) is 0 Å². The first kappa shape index (κ1) is 9.36. The van der Waals surface area contributed by atoms with Crippen LogP contribution in [0, 0.1) is 0 Å². The molecule has 0 aromatic rings. The molecule has 1 saturated heterocycles. The largest absolute Gasteiger partial charge is 0.378 e. The van der Waals surface area contributed by atoms with Crippen molar-refractivity contribution in [2.75, 3.05) is 26.3 Å². The third-order valence-corrected chi connectivity index (χ3v) is 2.30. The average molecular weight is 196 g/mol. The molecule has 1 fully saturated rings. The van der Waals surface area contributed by atoms with E-state index in [1.54, 1.807) is 0 Å². The quantitative estimate of drug-likeness (QED) is 0.569. The molecule has 0 bridgehead atoms. The molecule has 0 saturated carbocycles. The Hall–Kier alpha value is -1.20. The normalized spacial score (nSPS) is 27.4. The van der Waals surface area contributed by atoms with Crippen LogP contribution in [0.3, 0.4) is 0 Å². The summed E-state index contributed by atoms with van der Waals surface area (Å²) in [6.45, 7) is 2.41. The molecule has 0 aromatic carbocycles. The number of rotatable bonds is 2. The lowest BCUT2D eigenvalue weighted by Gasteiger charge is -2.27. The number of morpholine rings is 1.